The maximum Gasteiger partial charge on any atom is 0.228 e. The summed E-state index contributed by atoms with van der Waals surface area (Å²) >= 11 is 0. The number of carbonyl (C=O) groups excluding carboxylic acids is 1. The Bertz CT molecular complexity index is 459. The lowest BCUT2D eigenvalue weighted by atomic mass is 9.94. The number of amides is 1. The lowest BCUT2D eigenvalue weighted by Crippen LogP contribution is -2.51. The Morgan fingerprint density at radius 2 is 1.89 bits per heavy atom. The average molecular weight is 262 g/mol. The molecule has 0 aliphatic carbocycles. The third-order valence-electron chi connectivity index (χ3n) is 3.38. The molecular formula is C14H22N4O. The Morgan fingerprint density at radius 1 is 1.26 bits per heavy atom. The third-order valence-corrected chi connectivity index (χ3v) is 3.38. The van der Waals surface area contributed by atoms with E-state index in [-0.39, 0.29) is 11.3 Å². The van der Waals surface area contributed by atoms with Crippen LogP contribution in [0, 0.1) is 5.41 Å². The summed E-state index contributed by atoms with van der Waals surface area (Å²) in [6.07, 6.45) is 3.42. The topological polar surface area (TPSA) is 62.5 Å². The molecule has 0 bridgehead atoms. The van der Waals surface area contributed by atoms with Crippen molar-refractivity contribution in [3.8, 4) is 0 Å². The molecule has 2 heterocycles. The largest absolute Gasteiger partial charge is 0.396 e. The lowest BCUT2D eigenvalue weighted by Gasteiger charge is -2.38. The highest BCUT2D eigenvalue weighted by molar-refractivity contribution is 5.82. The number of nitrogens with zero attached hydrogens (tertiary/aromatic N) is 3. The second kappa shape index (κ2) is 5.07. The molecular weight excluding hydrogens is 240 g/mol. The van der Waals surface area contributed by atoms with Crippen LogP contribution < -0.4 is 10.6 Å². The summed E-state index contributed by atoms with van der Waals surface area (Å²) in [5.74, 6) is 0.217. The van der Waals surface area contributed by atoms with Crippen LogP contribution in [-0.2, 0) is 4.79 Å². The molecule has 0 radical (unpaired) electrons. The highest BCUT2D eigenvalue weighted by Crippen LogP contribution is 2.24. The van der Waals surface area contributed by atoms with E-state index >= 15 is 0 Å². The molecule has 19 heavy (non-hydrogen) atoms. The quantitative estimate of drug-likeness (QED) is 0.830. The van der Waals surface area contributed by atoms with Crippen LogP contribution in [0.5, 0.6) is 0 Å². The standard InChI is InChI=1S/C14H22N4O/c1-14(2,3)13(19)18-8-6-17(7-9-18)12-4-5-16-10-11(12)15/h4-5,10H,6-9,15H2,1-3H3. The van der Waals surface area contributed by atoms with Crippen molar-refractivity contribution in [1.29, 1.82) is 0 Å². The first-order chi connectivity index (χ1) is 8.89. The zero-order chi connectivity index (χ0) is 14.0. The molecule has 0 spiro atoms. The molecule has 0 saturated carbocycles. The molecule has 1 aliphatic rings. The smallest absolute Gasteiger partial charge is 0.228 e. The van der Waals surface area contributed by atoms with Gasteiger partial charge in [0.15, 0.2) is 0 Å². The molecule has 1 aliphatic heterocycles. The van der Waals surface area contributed by atoms with E-state index in [9.17, 15) is 4.79 Å². The van der Waals surface area contributed by atoms with Gasteiger partial charge in [0, 0.05) is 37.8 Å². The van der Waals surface area contributed by atoms with Crippen molar-refractivity contribution in [3.05, 3.63) is 18.5 Å². The molecule has 104 valence electrons. The van der Waals surface area contributed by atoms with Crippen molar-refractivity contribution in [2.45, 2.75) is 20.8 Å². The van der Waals surface area contributed by atoms with E-state index in [1.807, 2.05) is 31.7 Å². The Morgan fingerprint density at radius 3 is 2.42 bits per heavy atom. The second-order valence-corrected chi connectivity index (χ2v) is 5.96. The Kier molecular flexibility index (Phi) is 3.64. The molecule has 1 amide bonds. The molecule has 2 N–H and O–H groups in total. The van der Waals surface area contributed by atoms with E-state index < -0.39 is 0 Å². The Balaban J connectivity index is 2.00. The average Bonchev–Trinajstić information content (AvgIpc) is 2.38. The fraction of sp³-hybridized carbons (Fsp3) is 0.571. The first-order valence-electron chi connectivity index (χ1n) is 6.63. The number of nitrogens with two attached hydrogens (primary N) is 1. The second-order valence-electron chi connectivity index (χ2n) is 5.96. The van der Waals surface area contributed by atoms with Gasteiger partial charge in [-0.05, 0) is 6.07 Å². The molecule has 1 aromatic heterocycles. The molecule has 2 rings (SSSR count). The number of pyridine rings is 1. The van der Waals surface area contributed by atoms with Gasteiger partial charge in [0.1, 0.15) is 0 Å². The van der Waals surface area contributed by atoms with Gasteiger partial charge in [0.05, 0.1) is 17.6 Å². The van der Waals surface area contributed by atoms with Gasteiger partial charge in [-0.2, -0.15) is 0 Å². The summed E-state index contributed by atoms with van der Waals surface area (Å²) in [6.45, 7) is 9.01. The van der Waals surface area contributed by atoms with Gasteiger partial charge >= 0.3 is 0 Å². The minimum atomic E-state index is -0.308. The first-order valence-corrected chi connectivity index (χ1v) is 6.63. The van der Waals surface area contributed by atoms with Gasteiger partial charge in [0.2, 0.25) is 5.91 Å². The molecule has 5 nitrogen and oxygen atoms in total. The summed E-state index contributed by atoms with van der Waals surface area (Å²) in [5.41, 5.74) is 7.33. The Hall–Kier alpha value is -1.78. The summed E-state index contributed by atoms with van der Waals surface area (Å²) in [5, 5.41) is 0. The number of aromatic nitrogens is 1. The molecule has 0 atom stereocenters. The normalized spacial score (nSPS) is 16.6. The van der Waals surface area contributed by atoms with E-state index in [4.69, 9.17) is 5.73 Å². The molecule has 0 unspecified atom stereocenters. The number of anilines is 2. The van der Waals surface area contributed by atoms with Gasteiger partial charge in [-0.25, -0.2) is 0 Å². The van der Waals surface area contributed by atoms with E-state index in [0.29, 0.717) is 5.69 Å². The van der Waals surface area contributed by atoms with Crippen molar-refractivity contribution in [1.82, 2.24) is 9.88 Å². The summed E-state index contributed by atoms with van der Waals surface area (Å²) in [7, 11) is 0. The minimum Gasteiger partial charge on any atom is -0.396 e. The van der Waals surface area contributed by atoms with Crippen LogP contribution >= 0.6 is 0 Å². The van der Waals surface area contributed by atoms with Crippen molar-refractivity contribution < 1.29 is 4.79 Å². The van der Waals surface area contributed by atoms with E-state index in [1.54, 1.807) is 12.4 Å². The van der Waals surface area contributed by atoms with Crippen molar-refractivity contribution in [2.24, 2.45) is 5.41 Å². The van der Waals surface area contributed by atoms with Crippen LogP contribution in [0.1, 0.15) is 20.8 Å². The van der Waals surface area contributed by atoms with Crippen LogP contribution in [0.25, 0.3) is 0 Å². The Labute approximate surface area is 114 Å². The highest BCUT2D eigenvalue weighted by atomic mass is 16.2. The zero-order valence-corrected chi connectivity index (χ0v) is 11.9. The van der Waals surface area contributed by atoms with Crippen molar-refractivity contribution >= 4 is 17.3 Å². The minimum absolute atomic E-state index is 0.217. The van der Waals surface area contributed by atoms with Gasteiger partial charge < -0.3 is 15.5 Å². The molecule has 0 aromatic carbocycles. The number of nitrogen functional groups attached to an aromatic ring is 1. The van der Waals surface area contributed by atoms with Gasteiger partial charge in [-0.15, -0.1) is 0 Å². The maximum absolute atomic E-state index is 12.2. The highest BCUT2D eigenvalue weighted by Gasteiger charge is 2.29. The number of rotatable bonds is 1. The number of piperazine rings is 1. The molecule has 5 heteroatoms. The summed E-state index contributed by atoms with van der Waals surface area (Å²) in [4.78, 5) is 20.4. The summed E-state index contributed by atoms with van der Waals surface area (Å²) < 4.78 is 0. The van der Waals surface area contributed by atoms with Crippen molar-refractivity contribution in [3.63, 3.8) is 0 Å². The third kappa shape index (κ3) is 2.97. The fourth-order valence-electron chi connectivity index (χ4n) is 2.31. The molecule has 1 fully saturated rings. The van der Waals surface area contributed by atoms with Crippen LogP contribution in [0.15, 0.2) is 18.5 Å². The van der Waals surface area contributed by atoms with Crippen LogP contribution in [0.3, 0.4) is 0 Å². The van der Waals surface area contributed by atoms with Gasteiger partial charge in [-0.3, -0.25) is 9.78 Å². The molecule has 1 saturated heterocycles. The SMILES string of the molecule is CC(C)(C)C(=O)N1CCN(c2ccncc2N)CC1. The lowest BCUT2D eigenvalue weighted by molar-refractivity contribution is -0.139. The van der Waals surface area contributed by atoms with Crippen LogP contribution in [0.4, 0.5) is 11.4 Å². The number of hydrogen-bond acceptors (Lipinski definition) is 4. The van der Waals surface area contributed by atoms with Gasteiger partial charge in [-0.1, -0.05) is 20.8 Å². The summed E-state index contributed by atoms with van der Waals surface area (Å²) in [6, 6.07) is 1.93. The number of carbonyl (C=O) groups is 1. The monoisotopic (exact) mass is 262 g/mol. The van der Waals surface area contributed by atoms with Gasteiger partial charge in [0.25, 0.3) is 0 Å². The van der Waals surface area contributed by atoms with Crippen LogP contribution in [0.2, 0.25) is 0 Å². The zero-order valence-electron chi connectivity index (χ0n) is 11.9. The number of hydrogen-bond donors (Lipinski definition) is 1. The van der Waals surface area contributed by atoms with Crippen LogP contribution in [-0.4, -0.2) is 42.0 Å². The first kappa shape index (κ1) is 13.6. The predicted octanol–water partition coefficient (Wildman–Crippen LogP) is 1.36. The van der Waals surface area contributed by atoms with E-state index in [2.05, 4.69) is 9.88 Å². The predicted molar refractivity (Wildman–Crippen MR) is 76.9 cm³/mol. The van der Waals surface area contributed by atoms with Crippen molar-refractivity contribution in [2.75, 3.05) is 36.8 Å². The fourth-order valence-corrected chi connectivity index (χ4v) is 2.31. The van der Waals surface area contributed by atoms with E-state index in [0.717, 1.165) is 31.9 Å². The maximum atomic E-state index is 12.2. The van der Waals surface area contributed by atoms with E-state index in [1.165, 1.54) is 0 Å². The molecule has 1 aromatic rings.